The maximum absolute atomic E-state index is 12.4. The van der Waals surface area contributed by atoms with Crippen molar-refractivity contribution in [3.05, 3.63) is 35.0 Å². The van der Waals surface area contributed by atoms with Crippen LogP contribution >= 0.6 is 0 Å². The van der Waals surface area contributed by atoms with E-state index in [1.165, 1.54) is 0 Å². The molecule has 23 heavy (non-hydrogen) atoms. The molecule has 6 nitrogen and oxygen atoms in total. The number of amides is 1. The van der Waals surface area contributed by atoms with Gasteiger partial charge in [0.25, 0.3) is 0 Å². The molecule has 1 atom stereocenters. The van der Waals surface area contributed by atoms with Crippen molar-refractivity contribution < 1.29 is 23.8 Å². The van der Waals surface area contributed by atoms with Gasteiger partial charge in [-0.25, -0.2) is 4.79 Å². The van der Waals surface area contributed by atoms with Crippen molar-refractivity contribution in [1.29, 1.82) is 0 Å². The number of carbonyl (C=O) groups is 2. The van der Waals surface area contributed by atoms with E-state index in [1.807, 2.05) is 0 Å². The molecule has 0 radical (unpaired) electrons. The van der Waals surface area contributed by atoms with Gasteiger partial charge in [0.15, 0.2) is 0 Å². The summed E-state index contributed by atoms with van der Waals surface area (Å²) in [4.78, 5) is 24.5. The SMILES string of the molecule is COc1ccc(OC)c([C@H]2CC(=O)NC3=C2C(=O)OC3(C)C)c1. The molecule has 1 aromatic carbocycles. The smallest absolute Gasteiger partial charge is 0.337 e. The number of carbonyl (C=O) groups excluding carboxylic acids is 2. The second-order valence-electron chi connectivity index (χ2n) is 6.10. The lowest BCUT2D eigenvalue weighted by atomic mass is 9.82. The summed E-state index contributed by atoms with van der Waals surface area (Å²) >= 11 is 0. The molecular formula is C17H19NO5. The molecule has 1 aromatic rings. The molecule has 2 heterocycles. The monoisotopic (exact) mass is 317 g/mol. The molecular weight excluding hydrogens is 298 g/mol. The van der Waals surface area contributed by atoms with Crippen molar-refractivity contribution >= 4 is 11.9 Å². The molecule has 0 aromatic heterocycles. The quantitative estimate of drug-likeness (QED) is 0.862. The molecule has 3 rings (SSSR count). The molecule has 0 bridgehead atoms. The van der Waals surface area contributed by atoms with E-state index < -0.39 is 17.5 Å². The van der Waals surface area contributed by atoms with Gasteiger partial charge in [0.05, 0.1) is 25.5 Å². The van der Waals surface area contributed by atoms with Crippen LogP contribution in [0.25, 0.3) is 0 Å². The van der Waals surface area contributed by atoms with E-state index in [-0.39, 0.29) is 12.3 Å². The van der Waals surface area contributed by atoms with Crippen molar-refractivity contribution in [3.63, 3.8) is 0 Å². The number of nitrogens with one attached hydrogen (secondary N) is 1. The van der Waals surface area contributed by atoms with Crippen molar-refractivity contribution in [2.45, 2.75) is 31.8 Å². The lowest BCUT2D eigenvalue weighted by Crippen LogP contribution is -2.38. The summed E-state index contributed by atoms with van der Waals surface area (Å²) < 4.78 is 16.1. The van der Waals surface area contributed by atoms with E-state index in [0.29, 0.717) is 22.8 Å². The first-order chi connectivity index (χ1) is 10.9. The second-order valence-corrected chi connectivity index (χ2v) is 6.10. The van der Waals surface area contributed by atoms with Gasteiger partial charge in [-0.1, -0.05) is 0 Å². The molecule has 0 fully saturated rings. The number of cyclic esters (lactones) is 1. The predicted molar refractivity (Wildman–Crippen MR) is 82.2 cm³/mol. The Morgan fingerprint density at radius 1 is 1.22 bits per heavy atom. The summed E-state index contributed by atoms with van der Waals surface area (Å²) in [5.41, 5.74) is 0.922. The number of hydrogen-bond acceptors (Lipinski definition) is 5. The minimum atomic E-state index is -0.840. The molecule has 2 aliphatic rings. The molecule has 122 valence electrons. The number of hydrogen-bond donors (Lipinski definition) is 1. The van der Waals surface area contributed by atoms with Gasteiger partial charge in [-0.05, 0) is 32.0 Å². The van der Waals surface area contributed by atoms with Crippen LogP contribution in [0.3, 0.4) is 0 Å². The van der Waals surface area contributed by atoms with Crippen LogP contribution in [-0.2, 0) is 14.3 Å². The van der Waals surface area contributed by atoms with Crippen molar-refractivity contribution in [2.24, 2.45) is 0 Å². The lowest BCUT2D eigenvalue weighted by Gasteiger charge is -2.27. The summed E-state index contributed by atoms with van der Waals surface area (Å²) in [7, 11) is 3.12. The van der Waals surface area contributed by atoms with Gasteiger partial charge in [0.1, 0.15) is 17.1 Å². The topological polar surface area (TPSA) is 73.9 Å². The number of methoxy groups -OCH3 is 2. The third-order valence-electron chi connectivity index (χ3n) is 4.25. The van der Waals surface area contributed by atoms with E-state index in [2.05, 4.69) is 5.32 Å². The standard InChI is InChI=1S/C17H19NO5/c1-17(2)15-14(16(20)23-17)11(8-13(19)18-15)10-7-9(21-3)5-6-12(10)22-4/h5-7,11H,8H2,1-4H3,(H,18,19)/t11-/m1/s1. The number of benzene rings is 1. The van der Waals surface area contributed by atoms with Crippen LogP contribution in [0.15, 0.2) is 29.5 Å². The number of rotatable bonds is 3. The molecule has 0 saturated carbocycles. The van der Waals surface area contributed by atoms with E-state index in [9.17, 15) is 9.59 Å². The molecule has 0 unspecified atom stereocenters. The van der Waals surface area contributed by atoms with Gasteiger partial charge >= 0.3 is 5.97 Å². The Balaban J connectivity index is 2.17. The highest BCUT2D eigenvalue weighted by Crippen LogP contribution is 2.45. The van der Waals surface area contributed by atoms with E-state index >= 15 is 0 Å². The van der Waals surface area contributed by atoms with Gasteiger partial charge in [-0.2, -0.15) is 0 Å². The van der Waals surface area contributed by atoms with Crippen LogP contribution < -0.4 is 14.8 Å². The zero-order valence-electron chi connectivity index (χ0n) is 13.6. The fraction of sp³-hybridized carbons (Fsp3) is 0.412. The first-order valence-corrected chi connectivity index (χ1v) is 7.37. The summed E-state index contributed by atoms with van der Waals surface area (Å²) in [5.74, 6) is 0.275. The zero-order chi connectivity index (χ0) is 16.8. The van der Waals surface area contributed by atoms with Crippen LogP contribution in [-0.4, -0.2) is 31.7 Å². The van der Waals surface area contributed by atoms with E-state index in [0.717, 1.165) is 5.56 Å². The second kappa shape index (κ2) is 5.30. The average Bonchev–Trinajstić information content (AvgIpc) is 2.75. The van der Waals surface area contributed by atoms with Gasteiger partial charge in [0.2, 0.25) is 5.91 Å². The first kappa shape index (κ1) is 15.4. The number of ether oxygens (including phenoxy) is 3. The molecule has 0 aliphatic carbocycles. The normalized spacial score (nSPS) is 22.3. The third kappa shape index (κ3) is 2.44. The fourth-order valence-corrected chi connectivity index (χ4v) is 3.15. The largest absolute Gasteiger partial charge is 0.497 e. The molecule has 1 N–H and O–H groups in total. The minimum absolute atomic E-state index is 0.148. The van der Waals surface area contributed by atoms with Crippen molar-refractivity contribution in [1.82, 2.24) is 5.32 Å². The lowest BCUT2D eigenvalue weighted by molar-refractivity contribution is -0.144. The highest BCUT2D eigenvalue weighted by molar-refractivity contribution is 5.99. The van der Waals surface area contributed by atoms with Crippen LogP contribution in [0, 0.1) is 0 Å². The van der Waals surface area contributed by atoms with Crippen LogP contribution in [0.2, 0.25) is 0 Å². The Kier molecular flexibility index (Phi) is 3.55. The maximum Gasteiger partial charge on any atom is 0.337 e. The van der Waals surface area contributed by atoms with Gasteiger partial charge < -0.3 is 19.5 Å². The molecule has 2 aliphatic heterocycles. The first-order valence-electron chi connectivity index (χ1n) is 7.37. The van der Waals surface area contributed by atoms with Gasteiger partial charge in [-0.3, -0.25) is 4.79 Å². The van der Waals surface area contributed by atoms with Gasteiger partial charge in [0, 0.05) is 17.9 Å². The van der Waals surface area contributed by atoms with E-state index in [1.54, 1.807) is 46.3 Å². The Labute approximate surface area is 134 Å². The Morgan fingerprint density at radius 3 is 2.61 bits per heavy atom. The summed E-state index contributed by atoms with van der Waals surface area (Å²) in [6.45, 7) is 3.53. The van der Waals surface area contributed by atoms with Crippen LogP contribution in [0.5, 0.6) is 11.5 Å². The van der Waals surface area contributed by atoms with E-state index in [4.69, 9.17) is 14.2 Å². The summed E-state index contributed by atoms with van der Waals surface area (Å²) in [5, 5.41) is 2.79. The summed E-state index contributed by atoms with van der Waals surface area (Å²) in [6.07, 6.45) is 0.160. The summed E-state index contributed by atoms with van der Waals surface area (Å²) in [6, 6.07) is 5.34. The Hall–Kier alpha value is -2.50. The highest BCUT2D eigenvalue weighted by atomic mass is 16.6. The molecule has 0 spiro atoms. The van der Waals surface area contributed by atoms with Crippen molar-refractivity contribution in [2.75, 3.05) is 14.2 Å². The Morgan fingerprint density at radius 2 is 1.96 bits per heavy atom. The molecule has 1 amide bonds. The minimum Gasteiger partial charge on any atom is -0.497 e. The predicted octanol–water partition coefficient (Wildman–Crippen LogP) is 1.90. The van der Waals surface area contributed by atoms with Crippen LogP contribution in [0.1, 0.15) is 31.7 Å². The number of esters is 1. The van der Waals surface area contributed by atoms with Crippen LogP contribution in [0.4, 0.5) is 0 Å². The maximum atomic E-state index is 12.4. The average molecular weight is 317 g/mol. The van der Waals surface area contributed by atoms with Gasteiger partial charge in [-0.15, -0.1) is 0 Å². The highest BCUT2D eigenvalue weighted by Gasteiger charge is 2.48. The zero-order valence-corrected chi connectivity index (χ0v) is 13.6. The molecule has 0 saturated heterocycles. The third-order valence-corrected chi connectivity index (χ3v) is 4.25. The fourth-order valence-electron chi connectivity index (χ4n) is 3.15. The Bertz CT molecular complexity index is 720. The van der Waals surface area contributed by atoms with Crippen molar-refractivity contribution in [3.8, 4) is 11.5 Å². The molecule has 6 heteroatoms.